The molecule has 0 saturated heterocycles. The third-order valence-electron chi connectivity index (χ3n) is 2.10. The van der Waals surface area contributed by atoms with Crippen LogP contribution in [0.1, 0.15) is 13.3 Å². The standard InChI is InChI=1S/C13H18N2O2S/c1-2-8-14-12(16)9-18-10-13(17)15-11-6-4-3-5-7-11/h3-7H,2,8-10H2,1H3,(H,14,16)(H,15,17). The Hall–Kier alpha value is -1.49. The summed E-state index contributed by atoms with van der Waals surface area (Å²) in [5, 5.41) is 5.53. The molecule has 0 unspecified atom stereocenters. The van der Waals surface area contributed by atoms with Crippen molar-refractivity contribution in [3.63, 3.8) is 0 Å². The molecule has 0 atom stereocenters. The van der Waals surface area contributed by atoms with Crippen LogP contribution >= 0.6 is 11.8 Å². The summed E-state index contributed by atoms with van der Waals surface area (Å²) in [6, 6.07) is 9.28. The quantitative estimate of drug-likeness (QED) is 0.792. The maximum atomic E-state index is 11.5. The van der Waals surface area contributed by atoms with Crippen molar-refractivity contribution in [2.75, 3.05) is 23.4 Å². The molecule has 0 bridgehead atoms. The van der Waals surface area contributed by atoms with Crippen molar-refractivity contribution in [2.24, 2.45) is 0 Å². The average Bonchev–Trinajstić information content (AvgIpc) is 2.37. The summed E-state index contributed by atoms with van der Waals surface area (Å²) in [5.41, 5.74) is 0.776. The molecule has 2 amide bonds. The second-order valence-electron chi connectivity index (χ2n) is 3.76. The molecule has 1 rings (SSSR count). The fourth-order valence-electron chi connectivity index (χ4n) is 1.27. The fourth-order valence-corrected chi connectivity index (χ4v) is 1.92. The van der Waals surface area contributed by atoms with Gasteiger partial charge in [-0.05, 0) is 18.6 Å². The molecular formula is C13H18N2O2S. The van der Waals surface area contributed by atoms with Gasteiger partial charge in [0.05, 0.1) is 11.5 Å². The number of anilines is 1. The first-order chi connectivity index (χ1) is 8.72. The van der Waals surface area contributed by atoms with Crippen LogP contribution in [0.2, 0.25) is 0 Å². The minimum absolute atomic E-state index is 0.0191. The molecule has 0 aliphatic heterocycles. The van der Waals surface area contributed by atoms with Crippen LogP contribution in [0, 0.1) is 0 Å². The van der Waals surface area contributed by atoms with E-state index in [1.807, 2.05) is 37.3 Å². The number of para-hydroxylation sites is 1. The largest absolute Gasteiger partial charge is 0.355 e. The number of hydrogen-bond donors (Lipinski definition) is 2. The van der Waals surface area contributed by atoms with Crippen LogP contribution in [-0.2, 0) is 9.59 Å². The molecule has 98 valence electrons. The molecule has 18 heavy (non-hydrogen) atoms. The second-order valence-corrected chi connectivity index (χ2v) is 4.74. The van der Waals surface area contributed by atoms with Gasteiger partial charge in [0.2, 0.25) is 11.8 Å². The Morgan fingerprint density at radius 3 is 2.44 bits per heavy atom. The van der Waals surface area contributed by atoms with E-state index in [0.717, 1.165) is 12.1 Å². The van der Waals surface area contributed by atoms with Gasteiger partial charge in [0.25, 0.3) is 0 Å². The zero-order valence-corrected chi connectivity index (χ0v) is 11.3. The smallest absolute Gasteiger partial charge is 0.234 e. The zero-order chi connectivity index (χ0) is 13.2. The van der Waals surface area contributed by atoms with E-state index < -0.39 is 0 Å². The lowest BCUT2D eigenvalue weighted by molar-refractivity contribution is -0.118. The van der Waals surface area contributed by atoms with Gasteiger partial charge in [0.1, 0.15) is 0 Å². The molecule has 4 nitrogen and oxygen atoms in total. The van der Waals surface area contributed by atoms with Crippen LogP contribution in [0.3, 0.4) is 0 Å². The van der Waals surface area contributed by atoms with Crippen LogP contribution in [0.15, 0.2) is 30.3 Å². The van der Waals surface area contributed by atoms with Gasteiger partial charge in [-0.2, -0.15) is 0 Å². The Morgan fingerprint density at radius 1 is 1.11 bits per heavy atom. The summed E-state index contributed by atoms with van der Waals surface area (Å²) in [7, 11) is 0. The molecule has 5 heteroatoms. The van der Waals surface area contributed by atoms with Gasteiger partial charge < -0.3 is 10.6 Å². The lowest BCUT2D eigenvalue weighted by atomic mass is 10.3. The molecule has 0 aliphatic carbocycles. The molecular weight excluding hydrogens is 248 g/mol. The Bertz CT molecular complexity index is 382. The first kappa shape index (κ1) is 14.6. The molecule has 0 saturated carbocycles. The van der Waals surface area contributed by atoms with E-state index in [-0.39, 0.29) is 17.6 Å². The molecule has 0 heterocycles. The van der Waals surface area contributed by atoms with Crippen LogP contribution in [0.4, 0.5) is 5.69 Å². The van der Waals surface area contributed by atoms with E-state index in [2.05, 4.69) is 10.6 Å². The van der Waals surface area contributed by atoms with E-state index >= 15 is 0 Å². The topological polar surface area (TPSA) is 58.2 Å². The summed E-state index contributed by atoms with van der Waals surface area (Å²) in [4.78, 5) is 22.8. The predicted octanol–water partition coefficient (Wildman–Crippen LogP) is 1.88. The van der Waals surface area contributed by atoms with Crippen molar-refractivity contribution in [3.05, 3.63) is 30.3 Å². The Morgan fingerprint density at radius 2 is 1.78 bits per heavy atom. The summed E-state index contributed by atoms with van der Waals surface area (Å²) < 4.78 is 0. The van der Waals surface area contributed by atoms with Crippen molar-refractivity contribution in [1.29, 1.82) is 0 Å². The van der Waals surface area contributed by atoms with Gasteiger partial charge in [-0.3, -0.25) is 9.59 Å². The van der Waals surface area contributed by atoms with Crippen LogP contribution in [0.25, 0.3) is 0 Å². The van der Waals surface area contributed by atoms with Gasteiger partial charge in [0, 0.05) is 12.2 Å². The van der Waals surface area contributed by atoms with E-state index in [1.54, 1.807) is 0 Å². The zero-order valence-electron chi connectivity index (χ0n) is 10.4. The summed E-state index contributed by atoms with van der Waals surface area (Å²) in [6.45, 7) is 2.69. The lowest BCUT2D eigenvalue weighted by Crippen LogP contribution is -2.26. The maximum absolute atomic E-state index is 11.5. The van der Waals surface area contributed by atoms with Crippen LogP contribution in [-0.4, -0.2) is 29.9 Å². The van der Waals surface area contributed by atoms with E-state index in [0.29, 0.717) is 12.3 Å². The van der Waals surface area contributed by atoms with Gasteiger partial charge in [0.15, 0.2) is 0 Å². The van der Waals surface area contributed by atoms with E-state index in [1.165, 1.54) is 11.8 Å². The Balaban J connectivity index is 2.16. The number of carbonyl (C=O) groups excluding carboxylic acids is 2. The summed E-state index contributed by atoms with van der Waals surface area (Å²) in [6.07, 6.45) is 0.922. The first-order valence-corrected chi connectivity index (χ1v) is 7.07. The molecule has 0 aliphatic rings. The third-order valence-corrected chi connectivity index (χ3v) is 3.03. The number of carbonyl (C=O) groups is 2. The molecule has 1 aromatic carbocycles. The SMILES string of the molecule is CCCNC(=O)CSCC(=O)Nc1ccccc1. The van der Waals surface area contributed by atoms with E-state index in [9.17, 15) is 9.59 Å². The number of amides is 2. The lowest BCUT2D eigenvalue weighted by Gasteiger charge is -2.05. The number of thioether (sulfide) groups is 1. The highest BCUT2D eigenvalue weighted by molar-refractivity contribution is 8.00. The second kappa shape index (κ2) is 8.58. The van der Waals surface area contributed by atoms with Crippen molar-refractivity contribution >= 4 is 29.3 Å². The average molecular weight is 266 g/mol. The predicted molar refractivity (Wildman–Crippen MR) is 75.7 cm³/mol. The highest BCUT2D eigenvalue weighted by Gasteiger charge is 2.05. The first-order valence-electron chi connectivity index (χ1n) is 5.91. The number of rotatable bonds is 7. The van der Waals surface area contributed by atoms with Crippen LogP contribution < -0.4 is 10.6 Å². The van der Waals surface area contributed by atoms with Gasteiger partial charge in [-0.1, -0.05) is 25.1 Å². The molecule has 0 radical (unpaired) electrons. The summed E-state index contributed by atoms with van der Waals surface area (Å²) in [5.74, 6) is 0.500. The number of benzene rings is 1. The number of hydrogen-bond acceptors (Lipinski definition) is 3. The number of nitrogens with one attached hydrogen (secondary N) is 2. The van der Waals surface area contributed by atoms with Crippen molar-refractivity contribution in [3.8, 4) is 0 Å². The highest BCUT2D eigenvalue weighted by Crippen LogP contribution is 2.06. The van der Waals surface area contributed by atoms with Crippen molar-refractivity contribution in [2.45, 2.75) is 13.3 Å². The Kier molecular flexibility index (Phi) is 6.94. The monoisotopic (exact) mass is 266 g/mol. The van der Waals surface area contributed by atoms with Crippen molar-refractivity contribution < 1.29 is 9.59 Å². The summed E-state index contributed by atoms with van der Waals surface area (Å²) >= 11 is 1.32. The molecule has 0 aromatic heterocycles. The minimum atomic E-state index is -0.0884. The molecule has 0 fully saturated rings. The normalized spacial score (nSPS) is 9.83. The van der Waals surface area contributed by atoms with E-state index in [4.69, 9.17) is 0 Å². The molecule has 2 N–H and O–H groups in total. The Labute approximate surface area is 112 Å². The fraction of sp³-hybridized carbons (Fsp3) is 0.385. The molecule has 0 spiro atoms. The van der Waals surface area contributed by atoms with Crippen LogP contribution in [0.5, 0.6) is 0 Å². The van der Waals surface area contributed by atoms with Gasteiger partial charge >= 0.3 is 0 Å². The van der Waals surface area contributed by atoms with Crippen molar-refractivity contribution in [1.82, 2.24) is 5.32 Å². The van der Waals surface area contributed by atoms with Gasteiger partial charge in [-0.25, -0.2) is 0 Å². The highest BCUT2D eigenvalue weighted by atomic mass is 32.2. The maximum Gasteiger partial charge on any atom is 0.234 e. The minimum Gasteiger partial charge on any atom is -0.355 e. The molecule has 1 aromatic rings. The third kappa shape index (κ3) is 6.30. The van der Waals surface area contributed by atoms with Gasteiger partial charge in [-0.15, -0.1) is 11.8 Å².